The number of oxime groups is 1. The molecule has 0 saturated carbocycles. The molecule has 1 N–H and O–H groups in total. The molecule has 4 nitrogen and oxygen atoms in total. The average Bonchev–Trinajstić information content (AvgIpc) is 2.32. The van der Waals surface area contributed by atoms with E-state index >= 15 is 0 Å². The standard InChI is InChI=1S/C11H14FNO3S/c1-3-17(15,16)8(2)11(13-14)9-6-4-5-7-10(9)12/h4-8,14H,3H2,1-2H3/b13-11-. The van der Waals surface area contributed by atoms with Crippen molar-refractivity contribution in [2.45, 2.75) is 19.1 Å². The second kappa shape index (κ2) is 5.27. The van der Waals surface area contributed by atoms with Gasteiger partial charge in [0.2, 0.25) is 0 Å². The summed E-state index contributed by atoms with van der Waals surface area (Å²) in [6.45, 7) is 2.86. The quantitative estimate of drug-likeness (QED) is 0.509. The molecule has 1 aromatic rings. The zero-order valence-electron chi connectivity index (χ0n) is 9.59. The van der Waals surface area contributed by atoms with Gasteiger partial charge in [0.15, 0.2) is 9.84 Å². The van der Waals surface area contributed by atoms with Crippen LogP contribution in [0.5, 0.6) is 0 Å². The number of sulfone groups is 1. The van der Waals surface area contributed by atoms with E-state index in [0.29, 0.717) is 0 Å². The number of rotatable bonds is 4. The number of nitrogens with zero attached hydrogens (tertiary/aromatic N) is 1. The summed E-state index contributed by atoms with van der Waals surface area (Å²) in [6.07, 6.45) is 0. The van der Waals surface area contributed by atoms with Crippen LogP contribution in [0.15, 0.2) is 29.4 Å². The number of hydrogen-bond acceptors (Lipinski definition) is 4. The molecule has 17 heavy (non-hydrogen) atoms. The summed E-state index contributed by atoms with van der Waals surface area (Å²) in [5, 5.41) is 10.8. The molecule has 0 aliphatic rings. The Morgan fingerprint density at radius 2 is 2.06 bits per heavy atom. The van der Waals surface area contributed by atoms with Crippen LogP contribution in [0.4, 0.5) is 4.39 Å². The Morgan fingerprint density at radius 3 is 2.53 bits per heavy atom. The zero-order chi connectivity index (χ0) is 13.1. The molecule has 0 aromatic heterocycles. The molecule has 1 aromatic carbocycles. The summed E-state index contributed by atoms with van der Waals surface area (Å²) in [5.41, 5.74) is -0.176. The molecule has 94 valence electrons. The first-order chi connectivity index (χ1) is 7.94. The largest absolute Gasteiger partial charge is 0.411 e. The van der Waals surface area contributed by atoms with E-state index in [2.05, 4.69) is 5.16 Å². The van der Waals surface area contributed by atoms with Crippen LogP contribution in [-0.4, -0.2) is 30.3 Å². The Kier molecular flexibility index (Phi) is 4.22. The van der Waals surface area contributed by atoms with Gasteiger partial charge in [0, 0.05) is 11.3 Å². The van der Waals surface area contributed by atoms with Crippen LogP contribution >= 0.6 is 0 Å². The Morgan fingerprint density at radius 1 is 1.47 bits per heavy atom. The fourth-order valence-electron chi connectivity index (χ4n) is 1.44. The van der Waals surface area contributed by atoms with Gasteiger partial charge in [-0.25, -0.2) is 12.8 Å². The van der Waals surface area contributed by atoms with Gasteiger partial charge in [0.05, 0.1) is 0 Å². The van der Waals surface area contributed by atoms with Crippen LogP contribution in [0.25, 0.3) is 0 Å². The number of benzene rings is 1. The summed E-state index contributed by atoms with van der Waals surface area (Å²) in [5.74, 6) is -0.708. The average molecular weight is 259 g/mol. The molecule has 0 spiro atoms. The molecule has 0 fully saturated rings. The highest BCUT2D eigenvalue weighted by Crippen LogP contribution is 2.15. The highest BCUT2D eigenvalue weighted by atomic mass is 32.2. The molecule has 0 aliphatic carbocycles. The fraction of sp³-hybridized carbons (Fsp3) is 0.364. The molecule has 1 atom stereocenters. The first-order valence-corrected chi connectivity index (χ1v) is 6.84. The number of halogens is 1. The van der Waals surface area contributed by atoms with Crippen molar-refractivity contribution in [1.29, 1.82) is 0 Å². The molecule has 1 rings (SSSR count). The summed E-state index contributed by atoms with van der Waals surface area (Å²) in [4.78, 5) is 0. The third kappa shape index (κ3) is 2.82. The molecule has 0 aliphatic heterocycles. The van der Waals surface area contributed by atoms with Gasteiger partial charge < -0.3 is 5.21 Å². The van der Waals surface area contributed by atoms with E-state index in [1.165, 1.54) is 32.0 Å². The van der Waals surface area contributed by atoms with E-state index in [0.717, 1.165) is 0 Å². The van der Waals surface area contributed by atoms with Crippen LogP contribution in [-0.2, 0) is 9.84 Å². The lowest BCUT2D eigenvalue weighted by molar-refractivity contribution is 0.318. The lowest BCUT2D eigenvalue weighted by Gasteiger charge is -2.13. The topological polar surface area (TPSA) is 66.7 Å². The van der Waals surface area contributed by atoms with E-state index in [4.69, 9.17) is 5.21 Å². The van der Waals surface area contributed by atoms with Crippen LogP contribution in [0.3, 0.4) is 0 Å². The molecule has 0 bridgehead atoms. The maximum atomic E-state index is 13.5. The van der Waals surface area contributed by atoms with Crippen LogP contribution < -0.4 is 0 Å². The second-order valence-electron chi connectivity index (χ2n) is 3.56. The maximum absolute atomic E-state index is 13.5. The maximum Gasteiger partial charge on any atom is 0.158 e. The van der Waals surface area contributed by atoms with Gasteiger partial charge in [0.1, 0.15) is 16.8 Å². The van der Waals surface area contributed by atoms with Crippen molar-refractivity contribution < 1.29 is 18.0 Å². The van der Waals surface area contributed by atoms with Crippen molar-refractivity contribution in [2.24, 2.45) is 5.16 Å². The van der Waals surface area contributed by atoms with Crippen molar-refractivity contribution in [3.05, 3.63) is 35.6 Å². The van der Waals surface area contributed by atoms with Crippen molar-refractivity contribution in [2.75, 3.05) is 5.75 Å². The molecule has 0 saturated heterocycles. The van der Waals surface area contributed by atoms with E-state index in [-0.39, 0.29) is 17.0 Å². The lowest BCUT2D eigenvalue weighted by Crippen LogP contribution is -2.30. The summed E-state index contributed by atoms with van der Waals surface area (Å²) >= 11 is 0. The Labute approximate surface area is 99.7 Å². The SMILES string of the molecule is CCS(=O)(=O)C(C)/C(=N/O)c1ccccc1F. The van der Waals surface area contributed by atoms with Gasteiger partial charge >= 0.3 is 0 Å². The van der Waals surface area contributed by atoms with E-state index in [1.54, 1.807) is 6.07 Å². The van der Waals surface area contributed by atoms with Crippen molar-refractivity contribution in [1.82, 2.24) is 0 Å². The monoisotopic (exact) mass is 259 g/mol. The minimum Gasteiger partial charge on any atom is -0.411 e. The molecule has 0 amide bonds. The molecular weight excluding hydrogens is 245 g/mol. The van der Waals surface area contributed by atoms with Crippen LogP contribution in [0.1, 0.15) is 19.4 Å². The van der Waals surface area contributed by atoms with E-state index in [9.17, 15) is 12.8 Å². The van der Waals surface area contributed by atoms with E-state index < -0.39 is 20.9 Å². The number of hydrogen-bond donors (Lipinski definition) is 1. The Bertz CT molecular complexity index is 525. The molecule has 1 unspecified atom stereocenters. The van der Waals surface area contributed by atoms with Crippen molar-refractivity contribution >= 4 is 15.5 Å². The van der Waals surface area contributed by atoms with Gasteiger partial charge in [-0.3, -0.25) is 0 Å². The third-order valence-corrected chi connectivity index (χ3v) is 4.69. The summed E-state index contributed by atoms with van der Waals surface area (Å²) < 4.78 is 36.8. The van der Waals surface area contributed by atoms with Gasteiger partial charge in [-0.1, -0.05) is 30.3 Å². The molecule has 0 radical (unpaired) electrons. The van der Waals surface area contributed by atoms with Gasteiger partial charge in [-0.05, 0) is 13.0 Å². The van der Waals surface area contributed by atoms with E-state index in [1.807, 2.05) is 0 Å². The molecule has 6 heteroatoms. The zero-order valence-corrected chi connectivity index (χ0v) is 10.4. The molecular formula is C11H14FNO3S. The highest BCUT2D eigenvalue weighted by Gasteiger charge is 2.27. The van der Waals surface area contributed by atoms with Gasteiger partial charge in [0.25, 0.3) is 0 Å². The minimum atomic E-state index is -3.43. The fourth-order valence-corrected chi connectivity index (χ4v) is 2.46. The van der Waals surface area contributed by atoms with Gasteiger partial charge in [-0.2, -0.15) is 0 Å². The smallest absolute Gasteiger partial charge is 0.158 e. The lowest BCUT2D eigenvalue weighted by atomic mass is 10.1. The normalized spacial score (nSPS) is 14.6. The molecule has 0 heterocycles. The van der Waals surface area contributed by atoms with Crippen LogP contribution in [0.2, 0.25) is 0 Å². The predicted molar refractivity (Wildman–Crippen MR) is 63.6 cm³/mol. The minimum absolute atomic E-state index is 0.000440. The highest BCUT2D eigenvalue weighted by molar-refractivity contribution is 7.92. The third-order valence-electron chi connectivity index (χ3n) is 2.58. The first-order valence-electron chi connectivity index (χ1n) is 5.12. The first kappa shape index (κ1) is 13.6. The summed E-state index contributed by atoms with van der Waals surface area (Å²) in [6, 6.07) is 5.60. The van der Waals surface area contributed by atoms with Gasteiger partial charge in [-0.15, -0.1) is 0 Å². The second-order valence-corrected chi connectivity index (χ2v) is 6.17. The van der Waals surface area contributed by atoms with Crippen molar-refractivity contribution in [3.63, 3.8) is 0 Å². The Hall–Kier alpha value is -1.43. The van der Waals surface area contributed by atoms with Crippen molar-refractivity contribution in [3.8, 4) is 0 Å². The summed E-state index contributed by atoms with van der Waals surface area (Å²) in [7, 11) is -3.43. The Balaban J connectivity index is 3.24. The predicted octanol–water partition coefficient (Wildman–Crippen LogP) is 1.83. The van der Waals surface area contributed by atoms with Crippen LogP contribution in [0, 0.1) is 5.82 Å².